The fourth-order valence-corrected chi connectivity index (χ4v) is 2.29. The Labute approximate surface area is 100 Å². The highest BCUT2D eigenvalue weighted by molar-refractivity contribution is 5.55. The van der Waals surface area contributed by atoms with E-state index in [1.54, 1.807) is 0 Å². The summed E-state index contributed by atoms with van der Waals surface area (Å²) in [7, 11) is 0. The number of hydrogen-bond donors (Lipinski definition) is 1. The van der Waals surface area contributed by atoms with Crippen LogP contribution in [0.5, 0.6) is 0 Å². The lowest BCUT2D eigenvalue weighted by Gasteiger charge is -2.17. The van der Waals surface area contributed by atoms with Gasteiger partial charge in [0.1, 0.15) is 5.82 Å². The highest BCUT2D eigenvalue weighted by Gasteiger charge is 2.21. The van der Waals surface area contributed by atoms with Gasteiger partial charge in [0.25, 0.3) is 0 Å². The Bertz CT molecular complexity index is 544. The Morgan fingerprint density at radius 1 is 1.41 bits per heavy atom. The molecule has 0 aliphatic carbocycles. The van der Waals surface area contributed by atoms with Crippen molar-refractivity contribution in [3.8, 4) is 11.4 Å². The summed E-state index contributed by atoms with van der Waals surface area (Å²) in [4.78, 5) is 4.57. The highest BCUT2D eigenvalue weighted by atomic mass is 15.4. The molecule has 0 bridgehead atoms. The maximum Gasteiger partial charge on any atom is 0.181 e. The van der Waals surface area contributed by atoms with Gasteiger partial charge in [-0.25, -0.2) is 9.67 Å². The maximum absolute atomic E-state index is 6.04. The molecule has 1 aromatic heterocycles. The van der Waals surface area contributed by atoms with E-state index in [0.29, 0.717) is 0 Å². The minimum absolute atomic E-state index is 0.0369. The SMILES string of the molecule is Cc1cccc(-c2nc3n(n2)CCCC3N)c1. The second-order valence-corrected chi connectivity index (χ2v) is 4.63. The van der Waals surface area contributed by atoms with Crippen molar-refractivity contribution in [3.05, 3.63) is 35.7 Å². The van der Waals surface area contributed by atoms with Gasteiger partial charge in [-0.2, -0.15) is 5.10 Å². The summed E-state index contributed by atoms with van der Waals surface area (Å²) in [6.45, 7) is 3.01. The van der Waals surface area contributed by atoms with Crippen molar-refractivity contribution in [1.29, 1.82) is 0 Å². The van der Waals surface area contributed by atoms with Crippen molar-refractivity contribution in [3.63, 3.8) is 0 Å². The van der Waals surface area contributed by atoms with Gasteiger partial charge in [-0.05, 0) is 25.8 Å². The van der Waals surface area contributed by atoms with Crippen LogP contribution in [0.1, 0.15) is 30.3 Å². The van der Waals surface area contributed by atoms with Crippen LogP contribution in [0.3, 0.4) is 0 Å². The van der Waals surface area contributed by atoms with Gasteiger partial charge in [-0.3, -0.25) is 0 Å². The van der Waals surface area contributed by atoms with Crippen molar-refractivity contribution in [2.75, 3.05) is 0 Å². The van der Waals surface area contributed by atoms with Crippen molar-refractivity contribution < 1.29 is 0 Å². The summed E-state index contributed by atoms with van der Waals surface area (Å²) in [5, 5.41) is 4.54. The fraction of sp³-hybridized carbons (Fsp3) is 0.385. The summed E-state index contributed by atoms with van der Waals surface area (Å²) < 4.78 is 1.95. The first kappa shape index (κ1) is 10.5. The minimum atomic E-state index is 0.0369. The normalized spacial score (nSPS) is 19.1. The standard InChI is InChI=1S/C13H16N4/c1-9-4-2-5-10(8-9)12-15-13-11(14)6-3-7-17(13)16-12/h2,4-5,8,11H,3,6-7,14H2,1H3. The van der Waals surface area contributed by atoms with Crippen LogP contribution in [-0.2, 0) is 6.54 Å². The minimum Gasteiger partial charge on any atom is -0.321 e. The zero-order chi connectivity index (χ0) is 11.8. The van der Waals surface area contributed by atoms with Gasteiger partial charge in [0, 0.05) is 12.1 Å². The molecule has 1 unspecified atom stereocenters. The topological polar surface area (TPSA) is 56.7 Å². The molecular weight excluding hydrogens is 212 g/mol. The molecule has 0 radical (unpaired) electrons. The molecule has 88 valence electrons. The number of aryl methyl sites for hydroxylation is 2. The van der Waals surface area contributed by atoms with E-state index in [1.165, 1.54) is 5.56 Å². The van der Waals surface area contributed by atoms with Crippen molar-refractivity contribution in [2.45, 2.75) is 32.4 Å². The Morgan fingerprint density at radius 3 is 3.06 bits per heavy atom. The first-order valence-corrected chi connectivity index (χ1v) is 6.01. The summed E-state index contributed by atoms with van der Waals surface area (Å²) >= 11 is 0. The maximum atomic E-state index is 6.04. The third-order valence-electron chi connectivity index (χ3n) is 3.19. The van der Waals surface area contributed by atoms with Crippen LogP contribution in [0.2, 0.25) is 0 Å². The smallest absolute Gasteiger partial charge is 0.181 e. The molecule has 1 aliphatic rings. The Hall–Kier alpha value is -1.68. The number of aromatic nitrogens is 3. The molecule has 0 amide bonds. The molecule has 17 heavy (non-hydrogen) atoms. The number of benzene rings is 1. The van der Waals surface area contributed by atoms with Gasteiger partial charge >= 0.3 is 0 Å². The van der Waals surface area contributed by atoms with Gasteiger partial charge in [-0.1, -0.05) is 23.8 Å². The van der Waals surface area contributed by atoms with Crippen LogP contribution < -0.4 is 5.73 Å². The van der Waals surface area contributed by atoms with Gasteiger partial charge in [0.2, 0.25) is 0 Å². The second kappa shape index (κ2) is 3.96. The molecular formula is C13H16N4. The van der Waals surface area contributed by atoms with E-state index >= 15 is 0 Å². The van der Waals surface area contributed by atoms with Crippen LogP contribution in [0.15, 0.2) is 24.3 Å². The van der Waals surface area contributed by atoms with E-state index in [4.69, 9.17) is 5.73 Å². The fourth-order valence-electron chi connectivity index (χ4n) is 2.29. The van der Waals surface area contributed by atoms with Gasteiger partial charge in [0.15, 0.2) is 5.82 Å². The molecule has 0 fully saturated rings. The average Bonchev–Trinajstić information content (AvgIpc) is 2.74. The quantitative estimate of drug-likeness (QED) is 0.812. The summed E-state index contributed by atoms with van der Waals surface area (Å²) in [6.07, 6.45) is 2.09. The summed E-state index contributed by atoms with van der Waals surface area (Å²) in [5.74, 6) is 1.72. The van der Waals surface area contributed by atoms with E-state index in [9.17, 15) is 0 Å². The number of nitrogens with two attached hydrogens (primary N) is 1. The first-order valence-electron chi connectivity index (χ1n) is 6.01. The Kier molecular flexibility index (Phi) is 2.44. The first-order chi connectivity index (χ1) is 8.24. The van der Waals surface area contributed by atoms with E-state index < -0.39 is 0 Å². The van der Waals surface area contributed by atoms with Crippen LogP contribution in [0.25, 0.3) is 11.4 Å². The van der Waals surface area contributed by atoms with E-state index in [0.717, 1.165) is 36.6 Å². The Balaban J connectivity index is 2.05. The molecule has 2 heterocycles. The molecule has 1 atom stereocenters. The zero-order valence-corrected chi connectivity index (χ0v) is 9.93. The molecule has 1 aliphatic heterocycles. The second-order valence-electron chi connectivity index (χ2n) is 4.63. The van der Waals surface area contributed by atoms with E-state index in [2.05, 4.69) is 29.1 Å². The molecule has 3 rings (SSSR count). The summed E-state index contributed by atoms with van der Waals surface area (Å²) in [5.41, 5.74) is 8.33. The lowest BCUT2D eigenvalue weighted by molar-refractivity contribution is 0.422. The lowest BCUT2D eigenvalue weighted by atomic mass is 10.1. The number of fused-ring (bicyclic) bond motifs is 1. The largest absolute Gasteiger partial charge is 0.321 e. The Morgan fingerprint density at radius 2 is 2.29 bits per heavy atom. The van der Waals surface area contributed by atoms with E-state index in [-0.39, 0.29) is 6.04 Å². The number of hydrogen-bond acceptors (Lipinski definition) is 3. The number of nitrogens with zero attached hydrogens (tertiary/aromatic N) is 3. The predicted octanol–water partition coefficient (Wildman–Crippen LogP) is 2.05. The van der Waals surface area contributed by atoms with Crippen LogP contribution >= 0.6 is 0 Å². The van der Waals surface area contributed by atoms with E-state index in [1.807, 2.05) is 16.8 Å². The van der Waals surface area contributed by atoms with Gasteiger partial charge < -0.3 is 5.73 Å². The predicted molar refractivity (Wildman–Crippen MR) is 66.4 cm³/mol. The van der Waals surface area contributed by atoms with Crippen molar-refractivity contribution >= 4 is 0 Å². The molecule has 0 saturated carbocycles. The van der Waals surface area contributed by atoms with Gasteiger partial charge in [-0.15, -0.1) is 0 Å². The van der Waals surface area contributed by atoms with Crippen molar-refractivity contribution in [1.82, 2.24) is 14.8 Å². The monoisotopic (exact) mass is 228 g/mol. The summed E-state index contributed by atoms with van der Waals surface area (Å²) in [6, 6.07) is 8.29. The van der Waals surface area contributed by atoms with Gasteiger partial charge in [0.05, 0.1) is 6.04 Å². The highest BCUT2D eigenvalue weighted by Crippen LogP contribution is 2.24. The van der Waals surface area contributed by atoms with Crippen molar-refractivity contribution in [2.24, 2.45) is 5.73 Å². The van der Waals surface area contributed by atoms with Crippen LogP contribution in [-0.4, -0.2) is 14.8 Å². The number of rotatable bonds is 1. The lowest BCUT2D eigenvalue weighted by Crippen LogP contribution is -2.22. The third kappa shape index (κ3) is 1.85. The molecule has 0 saturated heterocycles. The average molecular weight is 228 g/mol. The molecule has 1 aromatic carbocycles. The molecule has 2 aromatic rings. The van der Waals surface area contributed by atoms with Crippen LogP contribution in [0.4, 0.5) is 0 Å². The molecule has 2 N–H and O–H groups in total. The molecule has 0 spiro atoms. The molecule has 4 nitrogen and oxygen atoms in total. The molecule has 4 heteroatoms. The zero-order valence-electron chi connectivity index (χ0n) is 9.93. The third-order valence-corrected chi connectivity index (χ3v) is 3.19. The van der Waals surface area contributed by atoms with Crippen LogP contribution in [0, 0.1) is 6.92 Å².